The van der Waals surface area contributed by atoms with Crippen molar-refractivity contribution in [3.05, 3.63) is 0 Å². The third kappa shape index (κ3) is 13.8. The molecule has 0 aliphatic heterocycles. The maximum absolute atomic E-state index is 11.1. The zero-order chi connectivity index (χ0) is 14.6. The number of hydrogen-bond donors (Lipinski definition) is 1. The van der Waals surface area contributed by atoms with E-state index in [2.05, 4.69) is 11.1 Å². The summed E-state index contributed by atoms with van der Waals surface area (Å²) < 4.78 is 26.9. The number of unbranched alkanes of at least 4 members (excludes halogenated alkanes) is 9. The van der Waals surface area contributed by atoms with E-state index < -0.39 is 15.6 Å². The quantitative estimate of drug-likeness (QED) is 0.322. The summed E-state index contributed by atoms with van der Waals surface area (Å²) in [6.45, 7) is 3.61. The fourth-order valence-corrected chi connectivity index (χ4v) is 2.41. The molecule has 0 aromatic rings. The number of aliphatic hydroxyl groups is 1. The molecule has 0 fully saturated rings. The van der Waals surface area contributed by atoms with Crippen LogP contribution < -0.4 is 0 Å². The molecule has 0 bridgehead atoms. The van der Waals surface area contributed by atoms with Crippen LogP contribution in [0.25, 0.3) is 0 Å². The second kappa shape index (κ2) is 14.8. The first kappa shape index (κ1) is 23.1. The summed E-state index contributed by atoms with van der Waals surface area (Å²) in [6, 6.07) is 0. The number of rotatable bonds is 13. The van der Waals surface area contributed by atoms with E-state index in [9.17, 15) is 8.42 Å². The molecule has 20 heavy (non-hydrogen) atoms. The van der Waals surface area contributed by atoms with Gasteiger partial charge in [0, 0.05) is 29.6 Å². The van der Waals surface area contributed by atoms with E-state index in [0.717, 1.165) is 19.3 Å². The molecule has 0 aromatic heterocycles. The summed E-state index contributed by atoms with van der Waals surface area (Å²) in [5.41, 5.74) is -1.43. The first-order chi connectivity index (χ1) is 9.00. The van der Waals surface area contributed by atoms with E-state index in [0.29, 0.717) is 0 Å². The molecule has 0 aromatic carbocycles. The van der Waals surface area contributed by atoms with Gasteiger partial charge in [0.05, 0.1) is 6.61 Å². The molecule has 117 valence electrons. The van der Waals surface area contributed by atoms with Crippen molar-refractivity contribution in [3.8, 4) is 0 Å². The van der Waals surface area contributed by atoms with Gasteiger partial charge in [-0.1, -0.05) is 64.7 Å². The molecular formula is C14H30NaO4S. The predicted octanol–water partition coefficient (Wildman–Crippen LogP) is 3.21. The van der Waals surface area contributed by atoms with Crippen molar-refractivity contribution in [2.24, 2.45) is 0 Å². The van der Waals surface area contributed by atoms with Gasteiger partial charge in [-0.15, -0.1) is 0 Å². The minimum Gasteiger partial charge on any atom is -0.375 e. The Bertz CT molecular complexity index is 292. The Morgan fingerprint density at radius 1 is 0.900 bits per heavy atom. The molecule has 0 aliphatic carbocycles. The molecular weight excluding hydrogens is 287 g/mol. The van der Waals surface area contributed by atoms with Gasteiger partial charge >= 0.3 is 0 Å². The Labute approximate surface area is 147 Å². The van der Waals surface area contributed by atoms with Crippen LogP contribution in [0.4, 0.5) is 0 Å². The van der Waals surface area contributed by atoms with Gasteiger partial charge in [0.1, 0.15) is 0 Å². The molecule has 4 nitrogen and oxygen atoms in total. The van der Waals surface area contributed by atoms with Gasteiger partial charge in [-0.25, -0.2) is 0 Å². The van der Waals surface area contributed by atoms with E-state index in [1.165, 1.54) is 51.9 Å². The van der Waals surface area contributed by atoms with Crippen LogP contribution in [0.1, 0.15) is 78.1 Å². The molecule has 1 unspecified atom stereocenters. The summed E-state index contributed by atoms with van der Waals surface area (Å²) in [5.74, 6) is 0. The smallest absolute Gasteiger partial charge is 0.294 e. The van der Waals surface area contributed by atoms with Crippen LogP contribution in [0.15, 0.2) is 0 Å². The van der Waals surface area contributed by atoms with Crippen LogP contribution in [-0.4, -0.2) is 55.1 Å². The zero-order valence-corrected chi connectivity index (χ0v) is 16.3. The maximum Gasteiger partial charge on any atom is 0.294 e. The summed E-state index contributed by atoms with van der Waals surface area (Å²) in [7, 11) is -3.75. The molecule has 0 aliphatic rings. The number of hydrogen-bond acceptors (Lipinski definition) is 4. The summed E-state index contributed by atoms with van der Waals surface area (Å²) in [6.07, 6.45) is 12.0. The van der Waals surface area contributed by atoms with Gasteiger partial charge in [0.15, 0.2) is 5.44 Å². The SMILES string of the molecule is CCCCCCCCCCCCOS(=O)(=O)C(C)O.[Na]. The van der Waals surface area contributed by atoms with Gasteiger partial charge in [0.25, 0.3) is 10.1 Å². The van der Waals surface area contributed by atoms with Gasteiger partial charge in [-0.05, 0) is 13.3 Å². The molecule has 1 atom stereocenters. The first-order valence-electron chi connectivity index (χ1n) is 7.57. The third-order valence-electron chi connectivity index (χ3n) is 3.16. The average molecular weight is 317 g/mol. The van der Waals surface area contributed by atoms with Gasteiger partial charge in [0.2, 0.25) is 0 Å². The normalized spacial score (nSPS) is 12.9. The largest absolute Gasteiger partial charge is 0.375 e. The molecule has 0 spiro atoms. The average Bonchev–Trinajstić information content (AvgIpc) is 2.35. The fraction of sp³-hybridized carbons (Fsp3) is 1.00. The van der Waals surface area contributed by atoms with E-state index >= 15 is 0 Å². The fourth-order valence-electron chi connectivity index (χ4n) is 1.86. The second-order valence-corrected chi connectivity index (χ2v) is 7.00. The van der Waals surface area contributed by atoms with Crippen molar-refractivity contribution in [2.45, 2.75) is 83.5 Å². The Morgan fingerprint density at radius 3 is 1.70 bits per heavy atom. The van der Waals surface area contributed by atoms with Crippen molar-refractivity contribution >= 4 is 39.7 Å². The molecule has 0 heterocycles. The third-order valence-corrected chi connectivity index (χ3v) is 4.49. The number of aliphatic hydroxyl groups excluding tert-OH is 1. The maximum atomic E-state index is 11.1. The van der Waals surface area contributed by atoms with Gasteiger partial charge < -0.3 is 5.11 Å². The van der Waals surface area contributed by atoms with Crippen molar-refractivity contribution in [1.29, 1.82) is 0 Å². The van der Waals surface area contributed by atoms with E-state index in [1.807, 2.05) is 0 Å². The van der Waals surface area contributed by atoms with Crippen LogP contribution in [0.2, 0.25) is 0 Å². The van der Waals surface area contributed by atoms with E-state index in [4.69, 9.17) is 5.11 Å². The Hall–Kier alpha value is 0.870. The molecule has 1 N–H and O–H groups in total. The molecule has 0 amide bonds. The van der Waals surface area contributed by atoms with Gasteiger partial charge in [-0.3, -0.25) is 4.18 Å². The molecule has 1 radical (unpaired) electrons. The van der Waals surface area contributed by atoms with Crippen molar-refractivity contribution in [2.75, 3.05) is 6.61 Å². The Kier molecular flexibility index (Phi) is 17.1. The predicted molar refractivity (Wildman–Crippen MR) is 84.2 cm³/mol. The van der Waals surface area contributed by atoms with E-state index in [1.54, 1.807) is 0 Å². The Balaban J connectivity index is 0. The molecule has 0 rings (SSSR count). The van der Waals surface area contributed by atoms with Crippen molar-refractivity contribution < 1.29 is 17.7 Å². The van der Waals surface area contributed by atoms with Crippen molar-refractivity contribution in [1.82, 2.24) is 0 Å². The Morgan fingerprint density at radius 2 is 1.30 bits per heavy atom. The molecule has 6 heteroatoms. The standard InChI is InChI=1S/C14H30O4S.Na/c1-3-4-5-6-7-8-9-10-11-12-13-18-19(16,17)14(2)15;/h14-15H,3-13H2,1-2H3;. The monoisotopic (exact) mass is 317 g/mol. The van der Waals surface area contributed by atoms with Crippen LogP contribution >= 0.6 is 0 Å². The van der Waals surface area contributed by atoms with Crippen molar-refractivity contribution in [3.63, 3.8) is 0 Å². The zero-order valence-electron chi connectivity index (χ0n) is 13.4. The molecule has 0 saturated carbocycles. The van der Waals surface area contributed by atoms with Gasteiger partial charge in [-0.2, -0.15) is 8.42 Å². The van der Waals surface area contributed by atoms with Crippen LogP contribution in [-0.2, 0) is 14.3 Å². The summed E-state index contributed by atoms with van der Waals surface area (Å²) in [4.78, 5) is 0. The van der Waals surface area contributed by atoms with Crippen LogP contribution in [0.5, 0.6) is 0 Å². The van der Waals surface area contributed by atoms with Crippen LogP contribution in [0, 0.1) is 0 Å². The minimum absolute atomic E-state index is 0. The topological polar surface area (TPSA) is 63.6 Å². The summed E-state index contributed by atoms with van der Waals surface area (Å²) >= 11 is 0. The van der Waals surface area contributed by atoms with E-state index in [-0.39, 0.29) is 36.2 Å². The summed E-state index contributed by atoms with van der Waals surface area (Å²) in [5, 5.41) is 8.93. The van der Waals surface area contributed by atoms with Crippen LogP contribution in [0.3, 0.4) is 0 Å². The second-order valence-electron chi connectivity index (χ2n) is 5.10. The molecule has 0 saturated heterocycles. The minimum atomic E-state index is -3.75. The first-order valence-corrected chi connectivity index (χ1v) is 9.04.